The third kappa shape index (κ3) is 3.49. The van der Waals surface area contributed by atoms with Crippen molar-refractivity contribution in [2.75, 3.05) is 7.11 Å². The van der Waals surface area contributed by atoms with Crippen LogP contribution in [0.5, 0.6) is 5.75 Å². The highest BCUT2D eigenvalue weighted by atomic mass is 32.2. The average molecular weight is 410 g/mol. The molecule has 0 unspecified atom stereocenters. The Labute approximate surface area is 168 Å². The van der Waals surface area contributed by atoms with E-state index in [2.05, 4.69) is 15.2 Å². The summed E-state index contributed by atoms with van der Waals surface area (Å²) in [6.45, 7) is 0. The van der Waals surface area contributed by atoms with Gasteiger partial charge in [0.1, 0.15) is 10.6 Å². The van der Waals surface area contributed by atoms with Crippen molar-refractivity contribution >= 4 is 29.1 Å². The molecule has 0 radical (unpaired) electrons. The summed E-state index contributed by atoms with van der Waals surface area (Å²) in [7, 11) is 1.61. The SMILES string of the molecule is COc1ccccc1-c1nnc(Sc2ncc(C(=O)O)s2)n1-c1ccccc1. The second kappa shape index (κ2) is 7.83. The lowest BCUT2D eigenvalue weighted by Gasteiger charge is -2.11. The zero-order valence-corrected chi connectivity index (χ0v) is 16.3. The molecule has 28 heavy (non-hydrogen) atoms. The van der Waals surface area contributed by atoms with E-state index in [1.165, 1.54) is 18.0 Å². The van der Waals surface area contributed by atoms with Crippen molar-refractivity contribution in [2.24, 2.45) is 0 Å². The highest BCUT2D eigenvalue weighted by Gasteiger charge is 2.20. The molecule has 0 aliphatic rings. The van der Waals surface area contributed by atoms with Crippen LogP contribution in [0.2, 0.25) is 0 Å². The average Bonchev–Trinajstić information content (AvgIpc) is 3.36. The third-order valence-corrected chi connectivity index (χ3v) is 5.88. The van der Waals surface area contributed by atoms with E-state index < -0.39 is 5.97 Å². The van der Waals surface area contributed by atoms with Crippen molar-refractivity contribution in [2.45, 2.75) is 9.50 Å². The fourth-order valence-corrected chi connectivity index (χ4v) is 4.40. The standard InChI is InChI=1S/C19H14N4O3S2/c1-26-14-10-6-5-9-13(14)16-21-22-18(23(16)12-7-3-2-4-8-12)28-19-20-11-15(27-19)17(24)25/h2-11H,1H3,(H,24,25). The molecule has 1 N–H and O–H groups in total. The second-order valence-electron chi connectivity index (χ2n) is 5.58. The lowest BCUT2D eigenvalue weighted by atomic mass is 10.2. The van der Waals surface area contributed by atoms with Crippen LogP contribution in [0.25, 0.3) is 17.1 Å². The molecular weight excluding hydrogens is 396 g/mol. The molecule has 0 aliphatic heterocycles. The van der Waals surface area contributed by atoms with Gasteiger partial charge in [0.05, 0.1) is 18.9 Å². The van der Waals surface area contributed by atoms with E-state index in [4.69, 9.17) is 9.84 Å². The molecule has 0 amide bonds. The Balaban J connectivity index is 1.83. The second-order valence-corrected chi connectivity index (χ2v) is 7.82. The van der Waals surface area contributed by atoms with Crippen LogP contribution >= 0.6 is 23.1 Å². The van der Waals surface area contributed by atoms with Gasteiger partial charge in [-0.1, -0.05) is 30.3 Å². The maximum atomic E-state index is 11.1. The van der Waals surface area contributed by atoms with E-state index in [9.17, 15) is 4.79 Å². The minimum atomic E-state index is -0.997. The Morgan fingerprint density at radius 2 is 1.86 bits per heavy atom. The summed E-state index contributed by atoms with van der Waals surface area (Å²) in [6, 6.07) is 17.3. The zero-order chi connectivity index (χ0) is 19.5. The van der Waals surface area contributed by atoms with Crippen LogP contribution in [-0.2, 0) is 0 Å². The molecule has 0 atom stereocenters. The number of ether oxygens (including phenoxy) is 1. The molecule has 4 aromatic rings. The first kappa shape index (κ1) is 18.2. The Morgan fingerprint density at radius 3 is 2.57 bits per heavy atom. The maximum absolute atomic E-state index is 11.1. The van der Waals surface area contributed by atoms with Gasteiger partial charge in [-0.2, -0.15) is 0 Å². The van der Waals surface area contributed by atoms with E-state index in [1.807, 2.05) is 59.2 Å². The quantitative estimate of drug-likeness (QED) is 0.508. The van der Waals surface area contributed by atoms with Gasteiger partial charge >= 0.3 is 5.97 Å². The van der Waals surface area contributed by atoms with Crippen molar-refractivity contribution in [3.05, 3.63) is 65.7 Å². The molecule has 0 saturated heterocycles. The summed E-state index contributed by atoms with van der Waals surface area (Å²) in [5, 5.41) is 18.4. The zero-order valence-electron chi connectivity index (χ0n) is 14.6. The molecule has 0 fully saturated rings. The van der Waals surface area contributed by atoms with Crippen LogP contribution in [0.1, 0.15) is 9.67 Å². The Hall–Kier alpha value is -3.17. The molecule has 0 bridgehead atoms. The van der Waals surface area contributed by atoms with E-state index in [-0.39, 0.29) is 4.88 Å². The largest absolute Gasteiger partial charge is 0.496 e. The number of carbonyl (C=O) groups is 1. The van der Waals surface area contributed by atoms with Crippen molar-refractivity contribution in [3.63, 3.8) is 0 Å². The molecule has 2 aromatic carbocycles. The number of benzene rings is 2. The fraction of sp³-hybridized carbons (Fsp3) is 0.0526. The molecule has 2 heterocycles. The van der Waals surface area contributed by atoms with E-state index >= 15 is 0 Å². The van der Waals surface area contributed by atoms with Crippen molar-refractivity contribution in [1.82, 2.24) is 19.7 Å². The lowest BCUT2D eigenvalue weighted by Crippen LogP contribution is -2.00. The fourth-order valence-electron chi connectivity index (χ4n) is 2.63. The Kier molecular flexibility index (Phi) is 5.09. The third-order valence-electron chi connectivity index (χ3n) is 3.87. The molecular formula is C19H14N4O3S2. The number of aromatic carboxylic acids is 1. The molecule has 9 heteroatoms. The monoisotopic (exact) mass is 410 g/mol. The molecule has 7 nitrogen and oxygen atoms in total. The molecule has 0 aliphatic carbocycles. The molecule has 140 valence electrons. The minimum Gasteiger partial charge on any atom is -0.496 e. The number of nitrogens with zero attached hydrogens (tertiary/aromatic N) is 4. The van der Waals surface area contributed by atoms with Gasteiger partial charge in [0.15, 0.2) is 10.2 Å². The predicted octanol–water partition coefficient (Wildman–Crippen LogP) is 4.25. The first-order valence-electron chi connectivity index (χ1n) is 8.18. The lowest BCUT2D eigenvalue weighted by molar-refractivity contribution is 0.0702. The number of hydrogen-bond donors (Lipinski definition) is 1. The number of rotatable bonds is 6. The minimum absolute atomic E-state index is 0.179. The van der Waals surface area contributed by atoms with Gasteiger partial charge in [0, 0.05) is 5.69 Å². The highest BCUT2D eigenvalue weighted by Crippen LogP contribution is 2.36. The smallest absolute Gasteiger partial charge is 0.347 e. The molecule has 4 rings (SSSR count). The van der Waals surface area contributed by atoms with Crippen LogP contribution in [0.3, 0.4) is 0 Å². The number of aromatic nitrogens is 4. The van der Waals surface area contributed by atoms with E-state index in [1.54, 1.807) is 7.11 Å². The summed E-state index contributed by atoms with van der Waals surface area (Å²) in [6.07, 6.45) is 1.35. The first-order chi connectivity index (χ1) is 13.7. The Morgan fingerprint density at radius 1 is 1.11 bits per heavy atom. The summed E-state index contributed by atoms with van der Waals surface area (Å²) in [4.78, 5) is 15.5. The maximum Gasteiger partial charge on any atom is 0.347 e. The van der Waals surface area contributed by atoms with Gasteiger partial charge in [-0.15, -0.1) is 21.5 Å². The van der Waals surface area contributed by atoms with Crippen molar-refractivity contribution < 1.29 is 14.6 Å². The Bertz CT molecular complexity index is 1130. The van der Waals surface area contributed by atoms with Gasteiger partial charge in [0.2, 0.25) is 5.16 Å². The predicted molar refractivity (Wildman–Crippen MR) is 107 cm³/mol. The first-order valence-corrected chi connectivity index (χ1v) is 9.82. The summed E-state index contributed by atoms with van der Waals surface area (Å²) < 4.78 is 7.97. The van der Waals surface area contributed by atoms with Gasteiger partial charge in [-0.3, -0.25) is 4.57 Å². The van der Waals surface area contributed by atoms with Gasteiger partial charge in [-0.05, 0) is 36.0 Å². The van der Waals surface area contributed by atoms with Crippen LogP contribution in [0, 0.1) is 0 Å². The number of thiazole rings is 1. The number of carboxylic acid groups (broad SMARTS) is 1. The number of carboxylic acids is 1. The van der Waals surface area contributed by atoms with Crippen LogP contribution in [0.4, 0.5) is 0 Å². The highest BCUT2D eigenvalue weighted by molar-refractivity contribution is 8.00. The van der Waals surface area contributed by atoms with Crippen LogP contribution in [0.15, 0.2) is 70.3 Å². The molecule has 0 spiro atoms. The number of hydrogen-bond acceptors (Lipinski definition) is 7. The van der Waals surface area contributed by atoms with Crippen LogP contribution < -0.4 is 4.74 Å². The number of para-hydroxylation sites is 2. The molecule has 2 aromatic heterocycles. The summed E-state index contributed by atoms with van der Waals surface area (Å²) >= 11 is 2.37. The van der Waals surface area contributed by atoms with Gasteiger partial charge in [0.25, 0.3) is 0 Å². The van der Waals surface area contributed by atoms with Crippen molar-refractivity contribution in [1.29, 1.82) is 0 Å². The van der Waals surface area contributed by atoms with E-state index in [0.717, 1.165) is 22.6 Å². The molecule has 0 saturated carbocycles. The van der Waals surface area contributed by atoms with Gasteiger partial charge < -0.3 is 9.84 Å². The summed E-state index contributed by atoms with van der Waals surface area (Å²) in [5.41, 5.74) is 1.68. The number of methoxy groups -OCH3 is 1. The summed E-state index contributed by atoms with van der Waals surface area (Å²) in [5.74, 6) is 0.316. The van der Waals surface area contributed by atoms with E-state index in [0.29, 0.717) is 21.1 Å². The van der Waals surface area contributed by atoms with Crippen molar-refractivity contribution in [3.8, 4) is 22.8 Å². The van der Waals surface area contributed by atoms with Crippen LogP contribution in [-0.4, -0.2) is 37.9 Å². The van der Waals surface area contributed by atoms with Gasteiger partial charge in [-0.25, -0.2) is 9.78 Å². The topological polar surface area (TPSA) is 90.1 Å². The normalized spacial score (nSPS) is 10.8.